The molecule has 0 atom stereocenters. The molecule has 2 nitrogen and oxygen atoms in total. The van der Waals surface area contributed by atoms with Crippen LogP contribution in [0.15, 0.2) is 78.9 Å². The molecular formula is C21H16O2. The summed E-state index contributed by atoms with van der Waals surface area (Å²) in [5.41, 5.74) is 3.37. The van der Waals surface area contributed by atoms with Crippen molar-refractivity contribution in [1.82, 2.24) is 0 Å². The predicted octanol–water partition coefficient (Wildman–Crippen LogP) is 4.64. The average Bonchev–Trinajstić information content (AvgIpc) is 3.20. The van der Waals surface area contributed by atoms with Crippen molar-refractivity contribution in [1.29, 1.82) is 0 Å². The van der Waals surface area contributed by atoms with E-state index in [-0.39, 0.29) is 0 Å². The number of hydrogen-bond acceptors (Lipinski definition) is 2. The lowest BCUT2D eigenvalue weighted by Gasteiger charge is -2.08. The van der Waals surface area contributed by atoms with Gasteiger partial charge >= 0.3 is 0 Å². The first-order chi connectivity index (χ1) is 11.2. The van der Waals surface area contributed by atoms with Crippen LogP contribution in [-0.2, 0) is 0 Å². The van der Waals surface area contributed by atoms with E-state index in [1.807, 2.05) is 36.4 Å². The lowest BCUT2D eigenvalue weighted by atomic mass is 10.00. The second-order valence-electron chi connectivity index (χ2n) is 5.72. The molecule has 23 heavy (non-hydrogen) atoms. The van der Waals surface area contributed by atoms with E-state index in [4.69, 9.17) is 0 Å². The van der Waals surface area contributed by atoms with Gasteiger partial charge in [-0.15, -0.1) is 0 Å². The summed E-state index contributed by atoms with van der Waals surface area (Å²) in [7, 11) is 0. The SMILES string of the molecule is OC(O)c1ccc2ccc3ccccc3c2c1.c1cc2cc-2c1. The van der Waals surface area contributed by atoms with Crippen LogP contribution in [0.1, 0.15) is 11.9 Å². The average molecular weight is 300 g/mol. The summed E-state index contributed by atoms with van der Waals surface area (Å²) >= 11 is 0. The molecule has 0 aliphatic heterocycles. The summed E-state index contributed by atoms with van der Waals surface area (Å²) in [6, 6.07) is 26.2. The van der Waals surface area contributed by atoms with Gasteiger partial charge in [0.2, 0.25) is 0 Å². The van der Waals surface area contributed by atoms with Crippen LogP contribution in [0, 0.1) is 0 Å². The van der Waals surface area contributed by atoms with Gasteiger partial charge in [0.15, 0.2) is 6.29 Å². The minimum Gasteiger partial charge on any atom is -0.364 e. The van der Waals surface area contributed by atoms with Crippen LogP contribution in [-0.4, -0.2) is 10.2 Å². The van der Waals surface area contributed by atoms with Crippen molar-refractivity contribution in [3.8, 4) is 11.1 Å². The molecule has 3 aromatic rings. The molecule has 5 rings (SSSR count). The molecule has 2 heteroatoms. The Hall–Kier alpha value is -2.68. The van der Waals surface area contributed by atoms with E-state index in [1.165, 1.54) is 11.1 Å². The van der Waals surface area contributed by atoms with Gasteiger partial charge in [0.25, 0.3) is 0 Å². The molecule has 2 aliphatic carbocycles. The summed E-state index contributed by atoms with van der Waals surface area (Å²) in [5.74, 6) is 0. The van der Waals surface area contributed by atoms with Gasteiger partial charge in [-0.2, -0.15) is 0 Å². The molecule has 3 aromatic carbocycles. The Morgan fingerprint density at radius 3 is 1.83 bits per heavy atom. The highest BCUT2D eigenvalue weighted by molar-refractivity contribution is 6.07. The second kappa shape index (κ2) is 5.51. The van der Waals surface area contributed by atoms with Crippen LogP contribution < -0.4 is 0 Å². The molecule has 0 saturated carbocycles. The quantitative estimate of drug-likeness (QED) is 0.349. The highest BCUT2D eigenvalue weighted by Gasteiger charge is 2.07. The van der Waals surface area contributed by atoms with Crippen LogP contribution in [0.25, 0.3) is 32.7 Å². The maximum Gasteiger partial charge on any atom is 0.178 e. The first kappa shape index (κ1) is 13.9. The van der Waals surface area contributed by atoms with Gasteiger partial charge in [-0.25, -0.2) is 0 Å². The summed E-state index contributed by atoms with van der Waals surface area (Å²) in [4.78, 5) is 0. The summed E-state index contributed by atoms with van der Waals surface area (Å²) < 4.78 is 0. The van der Waals surface area contributed by atoms with Crippen LogP contribution in [0.4, 0.5) is 0 Å². The van der Waals surface area contributed by atoms with E-state index in [2.05, 4.69) is 36.4 Å². The van der Waals surface area contributed by atoms with Gasteiger partial charge in [0.1, 0.15) is 0 Å². The molecule has 2 aliphatic rings. The summed E-state index contributed by atoms with van der Waals surface area (Å²) in [6.45, 7) is 0. The zero-order chi connectivity index (χ0) is 15.8. The minimum atomic E-state index is -1.42. The Kier molecular flexibility index (Phi) is 3.34. The van der Waals surface area contributed by atoms with Crippen molar-refractivity contribution in [2.45, 2.75) is 6.29 Å². The smallest absolute Gasteiger partial charge is 0.178 e. The van der Waals surface area contributed by atoms with Gasteiger partial charge in [0, 0.05) is 5.56 Å². The third-order valence-corrected chi connectivity index (χ3v) is 4.18. The van der Waals surface area contributed by atoms with Gasteiger partial charge in [-0.05, 0) is 44.8 Å². The van der Waals surface area contributed by atoms with E-state index in [0.717, 1.165) is 21.5 Å². The Bertz CT molecular complexity index is 985. The lowest BCUT2D eigenvalue weighted by molar-refractivity contribution is -0.0423. The van der Waals surface area contributed by atoms with Crippen molar-refractivity contribution in [3.05, 3.63) is 84.4 Å². The third-order valence-electron chi connectivity index (χ3n) is 4.18. The molecule has 112 valence electrons. The van der Waals surface area contributed by atoms with E-state index >= 15 is 0 Å². The van der Waals surface area contributed by atoms with Crippen LogP contribution in [0.3, 0.4) is 0 Å². The number of rotatable bonds is 1. The van der Waals surface area contributed by atoms with Gasteiger partial charge in [-0.3, -0.25) is 0 Å². The van der Waals surface area contributed by atoms with Gasteiger partial charge in [0.05, 0.1) is 0 Å². The maximum absolute atomic E-state index is 9.21. The highest BCUT2D eigenvalue weighted by Crippen LogP contribution is 2.32. The number of aliphatic hydroxyl groups is 2. The normalized spacial score (nSPS) is 11.4. The number of benzene rings is 4. The molecule has 0 aromatic heterocycles. The molecule has 0 saturated heterocycles. The lowest BCUT2D eigenvalue weighted by Crippen LogP contribution is -1.94. The number of fused-ring (bicyclic) bond motifs is 4. The number of aliphatic hydroxyl groups excluding tert-OH is 1. The molecular weight excluding hydrogens is 284 g/mol. The standard InChI is InChI=1S/C15H12O2.C6H4/c16-15(17)12-8-7-11-6-5-10-3-1-2-4-13(10)14(11)9-12;1-2-5-4-6(5)3-1/h1-9,15-17H;1-4H. The van der Waals surface area contributed by atoms with Crippen molar-refractivity contribution in [2.24, 2.45) is 0 Å². The first-order valence-electron chi connectivity index (χ1n) is 7.60. The Morgan fingerprint density at radius 1 is 0.565 bits per heavy atom. The molecule has 2 N–H and O–H groups in total. The Balaban J connectivity index is 0.000000186. The van der Waals surface area contributed by atoms with E-state index in [9.17, 15) is 10.2 Å². The Labute approximate surface area is 134 Å². The topological polar surface area (TPSA) is 40.5 Å². The summed E-state index contributed by atoms with van der Waals surface area (Å²) in [5, 5.41) is 22.9. The molecule has 0 amide bonds. The van der Waals surface area contributed by atoms with E-state index in [1.54, 1.807) is 6.07 Å². The van der Waals surface area contributed by atoms with Crippen molar-refractivity contribution < 1.29 is 10.2 Å². The molecule has 0 fully saturated rings. The largest absolute Gasteiger partial charge is 0.364 e. The molecule has 0 radical (unpaired) electrons. The van der Waals surface area contributed by atoms with Crippen molar-refractivity contribution >= 4 is 21.5 Å². The molecule has 0 bridgehead atoms. The molecule has 0 unspecified atom stereocenters. The molecule has 0 heterocycles. The van der Waals surface area contributed by atoms with Crippen molar-refractivity contribution in [2.75, 3.05) is 0 Å². The van der Waals surface area contributed by atoms with Crippen LogP contribution >= 0.6 is 0 Å². The Morgan fingerprint density at radius 2 is 1.22 bits per heavy atom. The first-order valence-corrected chi connectivity index (χ1v) is 7.60. The summed E-state index contributed by atoms with van der Waals surface area (Å²) in [6.07, 6.45) is -1.42. The molecule has 0 spiro atoms. The van der Waals surface area contributed by atoms with E-state index < -0.39 is 6.29 Å². The third kappa shape index (κ3) is 2.70. The maximum atomic E-state index is 9.21. The monoisotopic (exact) mass is 300 g/mol. The zero-order valence-corrected chi connectivity index (χ0v) is 12.5. The van der Waals surface area contributed by atoms with Crippen LogP contribution in [0.5, 0.6) is 0 Å². The van der Waals surface area contributed by atoms with Gasteiger partial charge in [-0.1, -0.05) is 66.7 Å². The predicted molar refractivity (Wildman–Crippen MR) is 94.1 cm³/mol. The number of hydrogen-bond donors (Lipinski definition) is 2. The fourth-order valence-corrected chi connectivity index (χ4v) is 2.86. The van der Waals surface area contributed by atoms with Crippen molar-refractivity contribution in [3.63, 3.8) is 0 Å². The zero-order valence-electron chi connectivity index (χ0n) is 12.5. The second-order valence-corrected chi connectivity index (χ2v) is 5.72. The van der Waals surface area contributed by atoms with Crippen LogP contribution in [0.2, 0.25) is 0 Å². The van der Waals surface area contributed by atoms with E-state index in [0.29, 0.717) is 5.56 Å². The fourth-order valence-electron chi connectivity index (χ4n) is 2.86. The minimum absolute atomic E-state index is 0.522. The van der Waals surface area contributed by atoms with Gasteiger partial charge < -0.3 is 10.2 Å². The fraction of sp³-hybridized carbons (Fsp3) is 0.0476. The highest BCUT2D eigenvalue weighted by atomic mass is 16.5.